The number of rotatable bonds is 3. The van der Waals surface area contributed by atoms with Gasteiger partial charge in [-0.1, -0.05) is 18.2 Å². The second-order valence-corrected chi connectivity index (χ2v) is 6.18. The molecule has 1 N–H and O–H groups in total. The van der Waals surface area contributed by atoms with Crippen molar-refractivity contribution in [3.63, 3.8) is 0 Å². The van der Waals surface area contributed by atoms with Gasteiger partial charge in [-0.2, -0.15) is 0 Å². The molecule has 4 nitrogen and oxygen atoms in total. The number of anilines is 2. The number of likely N-dealkylation sites (N-methyl/N-ethyl adjacent to an activating group) is 1. The van der Waals surface area contributed by atoms with Crippen LogP contribution >= 0.6 is 15.9 Å². The van der Waals surface area contributed by atoms with Gasteiger partial charge in [-0.05, 0) is 72.1 Å². The summed E-state index contributed by atoms with van der Waals surface area (Å²) < 4.78 is 0.747. The highest BCUT2D eigenvalue weighted by atomic mass is 79.9. The van der Waals surface area contributed by atoms with Gasteiger partial charge in [0.05, 0.1) is 5.69 Å². The molecule has 0 unspecified atom stereocenters. The second kappa shape index (κ2) is 7.42. The second-order valence-electron chi connectivity index (χ2n) is 5.33. The van der Waals surface area contributed by atoms with Crippen LogP contribution in [-0.2, 0) is 9.59 Å². The van der Waals surface area contributed by atoms with Crippen molar-refractivity contribution in [3.8, 4) is 0 Å². The van der Waals surface area contributed by atoms with E-state index in [0.717, 1.165) is 21.3 Å². The molecular weight excluding hydrogens is 356 g/mol. The van der Waals surface area contributed by atoms with E-state index in [-0.39, 0.29) is 0 Å². The van der Waals surface area contributed by atoms with E-state index in [9.17, 15) is 9.59 Å². The monoisotopic (exact) mass is 374 g/mol. The van der Waals surface area contributed by atoms with Crippen LogP contribution in [0.4, 0.5) is 11.4 Å². The molecule has 0 aliphatic heterocycles. The van der Waals surface area contributed by atoms with Crippen LogP contribution in [0.2, 0.25) is 0 Å². The maximum atomic E-state index is 12.5. The summed E-state index contributed by atoms with van der Waals surface area (Å²) in [6.07, 6.45) is 0. The first kappa shape index (κ1) is 17.2. The van der Waals surface area contributed by atoms with Crippen LogP contribution in [0, 0.1) is 13.8 Å². The molecule has 2 aromatic carbocycles. The summed E-state index contributed by atoms with van der Waals surface area (Å²) in [5.74, 6) is -1.23. The molecule has 0 heterocycles. The van der Waals surface area contributed by atoms with Crippen molar-refractivity contribution in [1.29, 1.82) is 0 Å². The molecule has 120 valence electrons. The fourth-order valence-corrected chi connectivity index (χ4v) is 2.85. The minimum Gasteiger partial charge on any atom is -0.317 e. The molecular formula is C18H19BrN2O2. The van der Waals surface area contributed by atoms with Crippen molar-refractivity contribution in [1.82, 2.24) is 0 Å². The Morgan fingerprint density at radius 2 is 1.78 bits per heavy atom. The standard InChI is InChI=1S/C18H19BrN2O2/c1-4-21(14-7-5-6-12(2)10-14)18(23)17(22)20-16-9-8-13(3)11-15(16)19/h5-11H,4H2,1-3H3,(H,20,22). The third-order valence-corrected chi connectivity index (χ3v) is 4.10. The summed E-state index contributed by atoms with van der Waals surface area (Å²) >= 11 is 3.39. The Labute approximate surface area is 144 Å². The molecule has 0 saturated carbocycles. The minimum absolute atomic E-state index is 0.421. The summed E-state index contributed by atoms with van der Waals surface area (Å²) in [6, 6.07) is 13.1. The number of carbonyl (C=O) groups excluding carboxylic acids is 2. The molecule has 23 heavy (non-hydrogen) atoms. The van der Waals surface area contributed by atoms with Gasteiger partial charge in [0.1, 0.15) is 0 Å². The maximum Gasteiger partial charge on any atom is 0.316 e. The van der Waals surface area contributed by atoms with Crippen LogP contribution < -0.4 is 10.2 Å². The largest absolute Gasteiger partial charge is 0.317 e. The third kappa shape index (κ3) is 4.20. The minimum atomic E-state index is -0.655. The van der Waals surface area contributed by atoms with Crippen molar-refractivity contribution < 1.29 is 9.59 Å². The normalized spacial score (nSPS) is 10.3. The molecule has 2 rings (SSSR count). The highest BCUT2D eigenvalue weighted by Gasteiger charge is 2.22. The SMILES string of the molecule is CCN(C(=O)C(=O)Nc1ccc(C)cc1Br)c1cccc(C)c1. The van der Waals surface area contributed by atoms with E-state index in [1.165, 1.54) is 4.90 Å². The number of hydrogen-bond acceptors (Lipinski definition) is 2. The predicted molar refractivity (Wildman–Crippen MR) is 96.7 cm³/mol. The van der Waals surface area contributed by atoms with Crippen molar-refractivity contribution in [2.24, 2.45) is 0 Å². The average Bonchev–Trinajstić information content (AvgIpc) is 2.50. The molecule has 2 aromatic rings. The number of amides is 2. The van der Waals surface area contributed by atoms with E-state index in [4.69, 9.17) is 0 Å². The highest BCUT2D eigenvalue weighted by Crippen LogP contribution is 2.24. The van der Waals surface area contributed by atoms with Gasteiger partial charge in [0, 0.05) is 16.7 Å². The predicted octanol–water partition coefficient (Wildman–Crippen LogP) is 4.06. The topological polar surface area (TPSA) is 49.4 Å². The summed E-state index contributed by atoms with van der Waals surface area (Å²) in [4.78, 5) is 26.2. The lowest BCUT2D eigenvalue weighted by Gasteiger charge is -2.21. The van der Waals surface area contributed by atoms with Crippen LogP contribution in [0.1, 0.15) is 18.1 Å². The lowest BCUT2D eigenvalue weighted by atomic mass is 10.2. The summed E-state index contributed by atoms with van der Waals surface area (Å²) in [7, 11) is 0. The Kier molecular flexibility index (Phi) is 5.55. The molecule has 0 aliphatic rings. The quantitative estimate of drug-likeness (QED) is 0.823. The lowest BCUT2D eigenvalue weighted by Crippen LogP contribution is -2.39. The Balaban J connectivity index is 2.19. The lowest BCUT2D eigenvalue weighted by molar-refractivity contribution is -0.134. The number of aryl methyl sites for hydroxylation is 2. The molecule has 0 bridgehead atoms. The molecule has 0 radical (unpaired) electrons. The first-order valence-corrected chi connectivity index (χ1v) is 8.17. The van der Waals surface area contributed by atoms with E-state index < -0.39 is 11.8 Å². The Morgan fingerprint density at radius 1 is 1.09 bits per heavy atom. The van der Waals surface area contributed by atoms with Crippen LogP contribution in [0.3, 0.4) is 0 Å². The van der Waals surface area contributed by atoms with Crippen molar-refractivity contribution >= 4 is 39.1 Å². The van der Waals surface area contributed by atoms with Crippen molar-refractivity contribution in [2.75, 3.05) is 16.8 Å². The number of nitrogens with one attached hydrogen (secondary N) is 1. The number of benzene rings is 2. The maximum absolute atomic E-state index is 12.5. The van der Waals surface area contributed by atoms with E-state index in [1.54, 1.807) is 6.07 Å². The third-order valence-electron chi connectivity index (χ3n) is 3.44. The van der Waals surface area contributed by atoms with E-state index in [1.807, 2.05) is 57.2 Å². The summed E-state index contributed by atoms with van der Waals surface area (Å²) in [5.41, 5.74) is 3.40. The smallest absolute Gasteiger partial charge is 0.316 e. The van der Waals surface area contributed by atoms with Gasteiger partial charge >= 0.3 is 11.8 Å². The average molecular weight is 375 g/mol. The molecule has 2 amide bonds. The van der Waals surface area contributed by atoms with E-state index in [0.29, 0.717) is 12.2 Å². The number of carbonyl (C=O) groups is 2. The van der Waals surface area contributed by atoms with Gasteiger partial charge in [0.15, 0.2) is 0 Å². The van der Waals surface area contributed by atoms with Gasteiger partial charge in [0.2, 0.25) is 0 Å². The Hall–Kier alpha value is -2.14. The van der Waals surface area contributed by atoms with Gasteiger partial charge in [0.25, 0.3) is 0 Å². The summed E-state index contributed by atoms with van der Waals surface area (Å²) in [6.45, 7) is 6.17. The van der Waals surface area contributed by atoms with E-state index >= 15 is 0 Å². The fraction of sp³-hybridized carbons (Fsp3) is 0.222. The first-order valence-electron chi connectivity index (χ1n) is 7.38. The first-order chi connectivity index (χ1) is 10.9. The number of nitrogens with zero attached hydrogens (tertiary/aromatic N) is 1. The molecule has 0 saturated heterocycles. The number of halogens is 1. The van der Waals surface area contributed by atoms with Crippen molar-refractivity contribution in [2.45, 2.75) is 20.8 Å². The van der Waals surface area contributed by atoms with E-state index in [2.05, 4.69) is 21.2 Å². The van der Waals surface area contributed by atoms with Crippen molar-refractivity contribution in [3.05, 3.63) is 58.1 Å². The highest BCUT2D eigenvalue weighted by molar-refractivity contribution is 9.10. The molecule has 0 spiro atoms. The van der Waals surface area contributed by atoms with Gasteiger partial charge in [-0.25, -0.2) is 0 Å². The van der Waals surface area contributed by atoms with Crippen LogP contribution in [0.5, 0.6) is 0 Å². The zero-order chi connectivity index (χ0) is 17.0. The van der Waals surface area contributed by atoms with Gasteiger partial charge < -0.3 is 10.2 Å². The van der Waals surface area contributed by atoms with Gasteiger partial charge in [-0.3, -0.25) is 9.59 Å². The van der Waals surface area contributed by atoms with Crippen LogP contribution in [0.25, 0.3) is 0 Å². The fourth-order valence-electron chi connectivity index (χ4n) is 2.26. The zero-order valence-corrected chi connectivity index (χ0v) is 15.0. The summed E-state index contributed by atoms with van der Waals surface area (Å²) in [5, 5.41) is 2.66. The molecule has 0 aromatic heterocycles. The Bertz CT molecular complexity index is 744. The van der Waals surface area contributed by atoms with Gasteiger partial charge in [-0.15, -0.1) is 0 Å². The molecule has 0 atom stereocenters. The Morgan fingerprint density at radius 3 is 2.39 bits per heavy atom. The van der Waals surface area contributed by atoms with Crippen LogP contribution in [0.15, 0.2) is 46.9 Å². The molecule has 0 aliphatic carbocycles. The molecule has 0 fully saturated rings. The number of hydrogen-bond donors (Lipinski definition) is 1. The van der Waals surface area contributed by atoms with Crippen LogP contribution in [-0.4, -0.2) is 18.4 Å². The molecule has 5 heteroatoms. The zero-order valence-electron chi connectivity index (χ0n) is 13.4.